The number of rotatable bonds is 4. The lowest BCUT2D eigenvalue weighted by atomic mass is 9.86. The van der Waals surface area contributed by atoms with Crippen molar-refractivity contribution in [2.24, 2.45) is 10.5 Å². The van der Waals surface area contributed by atoms with Gasteiger partial charge >= 0.3 is 0 Å². The summed E-state index contributed by atoms with van der Waals surface area (Å²) in [7, 11) is 3.33. The molecule has 2 amide bonds. The smallest absolute Gasteiger partial charge is 0.244 e. The molecule has 0 aliphatic carbocycles. The number of carbonyl (C=O) groups excluding carboxylic acids is 2. The molecule has 1 aliphatic rings. The van der Waals surface area contributed by atoms with Crippen LogP contribution in [0.15, 0.2) is 5.11 Å². The van der Waals surface area contributed by atoms with E-state index < -0.39 is 17.5 Å². The van der Waals surface area contributed by atoms with Crippen LogP contribution < -0.4 is 0 Å². The van der Waals surface area contributed by atoms with Crippen LogP contribution in [0.5, 0.6) is 0 Å². The van der Waals surface area contributed by atoms with E-state index in [0.29, 0.717) is 13.0 Å². The van der Waals surface area contributed by atoms with Crippen molar-refractivity contribution in [2.45, 2.75) is 71.8 Å². The van der Waals surface area contributed by atoms with E-state index in [1.807, 2.05) is 41.5 Å². The number of likely N-dealkylation sites (tertiary alicyclic amines) is 1. The third-order valence-corrected chi connectivity index (χ3v) is 4.01. The molecule has 0 aromatic heterocycles. The maximum atomic E-state index is 13.1. The minimum absolute atomic E-state index is 0.151. The predicted octanol–water partition coefficient (Wildman–Crippen LogP) is 2.58. The van der Waals surface area contributed by atoms with E-state index in [2.05, 4.69) is 10.0 Å². The third-order valence-electron chi connectivity index (χ3n) is 4.01. The standard InChI is InChI=1S/C17H31N5O3/c1-16(2,3)13(19-20-18)15(24)22-10-11(25-17(4,5)6)9-12(22)14(23)21(7)8/h11-13H,9-10H2,1-8H3/t11-,12+,13-/m1/s1. The first-order chi connectivity index (χ1) is 11.3. The Kier molecular flexibility index (Phi) is 6.48. The van der Waals surface area contributed by atoms with Gasteiger partial charge in [0.05, 0.1) is 11.7 Å². The van der Waals surface area contributed by atoms with Gasteiger partial charge in [0.25, 0.3) is 0 Å². The lowest BCUT2D eigenvalue weighted by Crippen LogP contribution is -2.51. The SMILES string of the molecule is CN(C)C(=O)[C@@H]1C[C@@H](OC(C)(C)C)CN1C(=O)[C@@H](N=[N+]=[N-])C(C)(C)C. The molecule has 0 radical (unpaired) electrons. The van der Waals surface area contributed by atoms with Crippen molar-refractivity contribution >= 4 is 11.8 Å². The van der Waals surface area contributed by atoms with Gasteiger partial charge in [-0.1, -0.05) is 25.9 Å². The predicted molar refractivity (Wildman–Crippen MR) is 95.8 cm³/mol. The molecule has 1 heterocycles. The van der Waals surface area contributed by atoms with E-state index in [9.17, 15) is 9.59 Å². The molecule has 1 aliphatic heterocycles. The Morgan fingerprint density at radius 2 is 1.80 bits per heavy atom. The Morgan fingerprint density at radius 1 is 1.24 bits per heavy atom. The zero-order chi connectivity index (χ0) is 19.6. The van der Waals surface area contributed by atoms with Crippen molar-refractivity contribution in [3.05, 3.63) is 10.4 Å². The minimum Gasteiger partial charge on any atom is -0.371 e. The van der Waals surface area contributed by atoms with Gasteiger partial charge in [0.2, 0.25) is 11.8 Å². The average molecular weight is 353 g/mol. The van der Waals surface area contributed by atoms with Crippen LogP contribution in [0.2, 0.25) is 0 Å². The highest BCUT2D eigenvalue weighted by Gasteiger charge is 2.45. The summed E-state index contributed by atoms with van der Waals surface area (Å²) in [4.78, 5) is 31.5. The zero-order valence-corrected chi connectivity index (χ0v) is 16.6. The van der Waals surface area contributed by atoms with E-state index >= 15 is 0 Å². The number of hydrogen-bond acceptors (Lipinski definition) is 4. The number of likely N-dealkylation sites (N-methyl/N-ethyl adjacent to an activating group) is 1. The van der Waals surface area contributed by atoms with Crippen LogP contribution in [0.3, 0.4) is 0 Å². The van der Waals surface area contributed by atoms with Gasteiger partial charge < -0.3 is 14.5 Å². The average Bonchev–Trinajstić information content (AvgIpc) is 2.83. The number of amides is 2. The minimum atomic E-state index is -0.872. The fraction of sp³-hybridized carbons (Fsp3) is 0.882. The van der Waals surface area contributed by atoms with E-state index in [1.54, 1.807) is 14.1 Å². The van der Waals surface area contributed by atoms with Gasteiger partial charge in [0.1, 0.15) is 12.1 Å². The monoisotopic (exact) mass is 353 g/mol. The highest BCUT2D eigenvalue weighted by Crippen LogP contribution is 2.30. The highest BCUT2D eigenvalue weighted by atomic mass is 16.5. The summed E-state index contributed by atoms with van der Waals surface area (Å²) in [5.41, 5.74) is 7.93. The molecule has 1 saturated heterocycles. The molecule has 25 heavy (non-hydrogen) atoms. The van der Waals surface area contributed by atoms with Crippen LogP contribution in [0.4, 0.5) is 0 Å². The summed E-state index contributed by atoms with van der Waals surface area (Å²) < 4.78 is 6.00. The first kappa shape index (κ1) is 21.3. The second-order valence-corrected chi connectivity index (χ2v) is 8.80. The molecule has 3 atom stereocenters. The molecule has 0 aromatic rings. The third kappa shape index (κ3) is 5.61. The topological polar surface area (TPSA) is 98.6 Å². The molecule has 0 bridgehead atoms. The van der Waals surface area contributed by atoms with Gasteiger partial charge in [-0.15, -0.1) is 0 Å². The molecule has 1 fully saturated rings. The zero-order valence-electron chi connectivity index (χ0n) is 16.6. The van der Waals surface area contributed by atoms with Gasteiger partial charge in [0, 0.05) is 32.0 Å². The van der Waals surface area contributed by atoms with Crippen LogP contribution in [-0.4, -0.2) is 66.0 Å². The van der Waals surface area contributed by atoms with Crippen molar-refractivity contribution in [3.63, 3.8) is 0 Å². The first-order valence-corrected chi connectivity index (χ1v) is 8.51. The Balaban J connectivity index is 3.15. The Morgan fingerprint density at radius 3 is 2.20 bits per heavy atom. The second-order valence-electron chi connectivity index (χ2n) is 8.80. The molecular weight excluding hydrogens is 322 g/mol. The normalized spacial score (nSPS) is 22.3. The fourth-order valence-corrected chi connectivity index (χ4v) is 2.96. The summed E-state index contributed by atoms with van der Waals surface area (Å²) in [6, 6.07) is -1.48. The van der Waals surface area contributed by atoms with Crippen molar-refractivity contribution in [3.8, 4) is 0 Å². The molecule has 142 valence electrons. The first-order valence-electron chi connectivity index (χ1n) is 8.51. The number of azide groups is 1. The molecule has 8 heteroatoms. The maximum Gasteiger partial charge on any atom is 0.244 e. The van der Waals surface area contributed by atoms with E-state index in [1.165, 1.54) is 9.80 Å². The number of nitrogens with zero attached hydrogens (tertiary/aromatic N) is 5. The second kappa shape index (κ2) is 7.62. The van der Waals surface area contributed by atoms with Crippen LogP contribution in [0, 0.1) is 5.41 Å². The van der Waals surface area contributed by atoms with Crippen molar-refractivity contribution in [2.75, 3.05) is 20.6 Å². The van der Waals surface area contributed by atoms with E-state index in [0.717, 1.165) is 0 Å². The molecule has 8 nitrogen and oxygen atoms in total. The highest BCUT2D eigenvalue weighted by molar-refractivity contribution is 5.90. The quantitative estimate of drug-likeness (QED) is 0.441. The number of carbonyl (C=O) groups is 2. The van der Waals surface area contributed by atoms with Crippen LogP contribution >= 0.6 is 0 Å². The number of hydrogen-bond donors (Lipinski definition) is 0. The Hall–Kier alpha value is -1.79. The van der Waals surface area contributed by atoms with Crippen LogP contribution in [0.1, 0.15) is 48.0 Å². The van der Waals surface area contributed by atoms with E-state index in [4.69, 9.17) is 10.3 Å². The molecule has 0 spiro atoms. The molecule has 0 N–H and O–H groups in total. The molecular formula is C17H31N5O3. The molecule has 0 unspecified atom stereocenters. The van der Waals surface area contributed by atoms with Crippen LogP contribution in [-0.2, 0) is 14.3 Å². The molecule has 1 rings (SSSR count). The Labute approximate surface area is 150 Å². The summed E-state index contributed by atoms with van der Waals surface area (Å²) in [5.74, 6) is -0.479. The number of ether oxygens (including phenoxy) is 1. The molecule has 0 aromatic carbocycles. The summed E-state index contributed by atoms with van der Waals surface area (Å²) in [6.45, 7) is 11.7. The lowest BCUT2D eigenvalue weighted by Gasteiger charge is -2.33. The van der Waals surface area contributed by atoms with Gasteiger partial charge in [-0.2, -0.15) is 0 Å². The van der Waals surface area contributed by atoms with Gasteiger partial charge in [-0.3, -0.25) is 9.59 Å². The summed E-state index contributed by atoms with van der Waals surface area (Å²) in [5, 5.41) is 3.70. The van der Waals surface area contributed by atoms with Crippen molar-refractivity contribution in [1.82, 2.24) is 9.80 Å². The van der Waals surface area contributed by atoms with Crippen molar-refractivity contribution in [1.29, 1.82) is 0 Å². The van der Waals surface area contributed by atoms with Gasteiger partial charge in [-0.25, -0.2) is 0 Å². The summed E-state index contributed by atoms with van der Waals surface area (Å²) >= 11 is 0. The lowest BCUT2D eigenvalue weighted by molar-refractivity contribution is -0.144. The van der Waals surface area contributed by atoms with Crippen LogP contribution in [0.25, 0.3) is 10.4 Å². The van der Waals surface area contributed by atoms with Gasteiger partial charge in [0.15, 0.2) is 0 Å². The Bertz CT molecular complexity index is 556. The maximum absolute atomic E-state index is 13.1. The molecule has 0 saturated carbocycles. The summed E-state index contributed by atoms with van der Waals surface area (Å²) in [6.07, 6.45) is 0.206. The van der Waals surface area contributed by atoms with E-state index in [-0.39, 0.29) is 23.5 Å². The van der Waals surface area contributed by atoms with Gasteiger partial charge in [-0.05, 0) is 31.7 Å². The fourth-order valence-electron chi connectivity index (χ4n) is 2.96. The van der Waals surface area contributed by atoms with Crippen molar-refractivity contribution < 1.29 is 14.3 Å². The largest absolute Gasteiger partial charge is 0.371 e.